The van der Waals surface area contributed by atoms with Crippen LogP contribution in [0.25, 0.3) is 0 Å². The Morgan fingerprint density at radius 1 is 0.850 bits per heavy atom. The first-order chi connectivity index (χ1) is 18.9. The number of alkyl halides is 3. The Kier molecular flexibility index (Phi) is 10.8. The third-order valence-corrected chi connectivity index (χ3v) is 6.46. The van der Waals surface area contributed by atoms with E-state index in [-0.39, 0.29) is 11.7 Å². The number of carboxylic acid groups (broad SMARTS) is 1. The lowest BCUT2D eigenvalue weighted by Gasteiger charge is -2.22. The van der Waals surface area contributed by atoms with Crippen LogP contribution >= 0.6 is 0 Å². The number of hydrogen-bond donors (Lipinski definition) is 2. The monoisotopic (exact) mass is 559 g/mol. The summed E-state index contributed by atoms with van der Waals surface area (Å²) < 4.78 is 45.5. The van der Waals surface area contributed by atoms with Crippen LogP contribution in [0.4, 0.5) is 23.2 Å². The van der Waals surface area contributed by atoms with Gasteiger partial charge in [-0.2, -0.15) is 13.2 Å². The molecule has 1 heterocycles. The molecule has 0 unspecified atom stereocenters. The zero-order chi connectivity index (χ0) is 29.3. The molecule has 1 aliphatic rings. The normalized spacial score (nSPS) is 14.6. The Labute approximate surface area is 231 Å². The smallest absolute Gasteiger partial charge is 0.475 e. The number of amides is 1. The fraction of sp³-hybridized carbons (Fsp3) is 0.333. The first-order valence-electron chi connectivity index (χ1n) is 12.9. The van der Waals surface area contributed by atoms with Crippen LogP contribution in [0.5, 0.6) is 0 Å². The van der Waals surface area contributed by atoms with E-state index in [2.05, 4.69) is 46.3 Å². The Hall–Kier alpha value is -3.76. The first-order valence-corrected chi connectivity index (χ1v) is 12.9. The lowest BCUT2D eigenvalue weighted by atomic mass is 10.1. The third kappa shape index (κ3) is 9.77. The second-order valence-electron chi connectivity index (χ2n) is 9.81. The van der Waals surface area contributed by atoms with Gasteiger partial charge in [0.15, 0.2) is 0 Å². The van der Waals surface area contributed by atoms with Crippen LogP contribution in [0.2, 0.25) is 0 Å². The molecule has 214 valence electrons. The van der Waals surface area contributed by atoms with Crippen LogP contribution in [0.1, 0.15) is 39.0 Å². The number of hydrogen-bond acceptors (Lipinski definition) is 4. The molecule has 0 aromatic heterocycles. The summed E-state index contributed by atoms with van der Waals surface area (Å²) in [5, 5.41) is 9.89. The SMILES string of the molecule is Cc1cccc(CN2CCCN(Cc3ccc(C(=O)Nc4ccc(C)c(F)c4)cc3)CC2)c1.O=C(O)C(F)(F)F. The molecule has 2 N–H and O–H groups in total. The number of rotatable bonds is 6. The maximum absolute atomic E-state index is 13.7. The number of halogens is 4. The molecule has 3 aromatic carbocycles. The van der Waals surface area contributed by atoms with Gasteiger partial charge in [0.1, 0.15) is 5.82 Å². The number of anilines is 1. The molecule has 1 fully saturated rings. The Balaban J connectivity index is 0.000000559. The predicted molar refractivity (Wildman–Crippen MR) is 146 cm³/mol. The minimum Gasteiger partial charge on any atom is -0.475 e. The summed E-state index contributed by atoms with van der Waals surface area (Å²) in [6, 6.07) is 21.2. The molecular formula is C30H33F4N3O3. The van der Waals surface area contributed by atoms with Crippen LogP contribution in [0.3, 0.4) is 0 Å². The average Bonchev–Trinajstić information content (AvgIpc) is 3.11. The van der Waals surface area contributed by atoms with E-state index < -0.39 is 12.1 Å². The van der Waals surface area contributed by atoms with Crippen LogP contribution in [0.15, 0.2) is 66.7 Å². The van der Waals surface area contributed by atoms with Crippen LogP contribution in [-0.2, 0) is 17.9 Å². The number of carbonyl (C=O) groups is 2. The summed E-state index contributed by atoms with van der Waals surface area (Å²) in [5.41, 5.74) is 5.48. The van der Waals surface area contributed by atoms with Crippen molar-refractivity contribution >= 4 is 17.6 Å². The van der Waals surface area contributed by atoms with E-state index in [1.165, 1.54) is 22.8 Å². The molecule has 0 radical (unpaired) electrons. The maximum atomic E-state index is 13.7. The Morgan fingerprint density at radius 3 is 2.00 bits per heavy atom. The van der Waals surface area contributed by atoms with Gasteiger partial charge >= 0.3 is 12.1 Å². The lowest BCUT2D eigenvalue weighted by Crippen LogP contribution is -2.30. The zero-order valence-electron chi connectivity index (χ0n) is 22.5. The Bertz CT molecular complexity index is 1300. The number of aliphatic carboxylic acids is 1. The van der Waals surface area contributed by atoms with Gasteiger partial charge < -0.3 is 10.4 Å². The first kappa shape index (κ1) is 30.8. The number of nitrogens with one attached hydrogen (secondary N) is 1. The molecule has 3 aromatic rings. The molecule has 10 heteroatoms. The van der Waals surface area contributed by atoms with Crippen molar-refractivity contribution in [2.75, 3.05) is 31.5 Å². The summed E-state index contributed by atoms with van der Waals surface area (Å²) >= 11 is 0. The van der Waals surface area contributed by atoms with E-state index in [9.17, 15) is 22.4 Å². The molecular weight excluding hydrogens is 526 g/mol. The molecule has 1 saturated heterocycles. The highest BCUT2D eigenvalue weighted by Crippen LogP contribution is 2.17. The standard InChI is InChI=1S/C28H32FN3O.C2HF3O2/c1-21-5-3-6-24(17-21)20-32-14-4-13-31(15-16-32)19-23-8-10-25(11-9-23)28(33)30-26-12-7-22(2)27(29)18-26;3-2(4,5)1(6)7/h3,5-12,17-18H,4,13-16,19-20H2,1-2H3,(H,30,33);(H,6,7). The van der Waals surface area contributed by atoms with Gasteiger partial charge in [0.25, 0.3) is 5.91 Å². The van der Waals surface area contributed by atoms with Gasteiger partial charge in [0.05, 0.1) is 0 Å². The number of carbonyl (C=O) groups excluding carboxylic acids is 1. The van der Waals surface area contributed by atoms with Crippen molar-refractivity contribution in [3.05, 3.63) is 100 Å². The van der Waals surface area contributed by atoms with Gasteiger partial charge in [-0.05, 0) is 74.3 Å². The zero-order valence-corrected chi connectivity index (χ0v) is 22.5. The van der Waals surface area contributed by atoms with Crippen molar-refractivity contribution in [2.45, 2.75) is 39.5 Å². The van der Waals surface area contributed by atoms with Gasteiger partial charge in [-0.25, -0.2) is 9.18 Å². The van der Waals surface area contributed by atoms with E-state index in [4.69, 9.17) is 9.90 Å². The van der Waals surface area contributed by atoms with Gasteiger partial charge in [-0.3, -0.25) is 14.6 Å². The molecule has 1 amide bonds. The van der Waals surface area contributed by atoms with Gasteiger partial charge in [-0.15, -0.1) is 0 Å². The molecule has 0 aliphatic carbocycles. The summed E-state index contributed by atoms with van der Waals surface area (Å²) in [7, 11) is 0. The van der Waals surface area contributed by atoms with E-state index in [1.807, 2.05) is 24.3 Å². The van der Waals surface area contributed by atoms with Crippen molar-refractivity contribution in [1.29, 1.82) is 0 Å². The quantitative estimate of drug-likeness (QED) is 0.361. The average molecular weight is 560 g/mol. The topological polar surface area (TPSA) is 72.9 Å². The summed E-state index contributed by atoms with van der Waals surface area (Å²) in [4.78, 5) is 26.4. The van der Waals surface area contributed by atoms with E-state index in [1.54, 1.807) is 19.1 Å². The van der Waals surface area contributed by atoms with Gasteiger partial charge in [-0.1, -0.05) is 48.0 Å². The summed E-state index contributed by atoms with van der Waals surface area (Å²) in [6.45, 7) is 10.0. The van der Waals surface area contributed by atoms with Crippen LogP contribution in [-0.4, -0.2) is 59.1 Å². The molecule has 4 rings (SSSR count). The predicted octanol–water partition coefficient (Wildman–Crippen LogP) is 6.04. The highest BCUT2D eigenvalue weighted by atomic mass is 19.4. The minimum absolute atomic E-state index is 0.230. The minimum atomic E-state index is -5.08. The molecule has 0 saturated carbocycles. The maximum Gasteiger partial charge on any atom is 0.490 e. The highest BCUT2D eigenvalue weighted by molar-refractivity contribution is 6.04. The molecule has 40 heavy (non-hydrogen) atoms. The molecule has 0 bridgehead atoms. The molecule has 0 spiro atoms. The number of carboxylic acids is 1. The Morgan fingerprint density at radius 2 is 1.45 bits per heavy atom. The van der Waals surface area contributed by atoms with E-state index in [0.29, 0.717) is 16.8 Å². The van der Waals surface area contributed by atoms with Gasteiger partial charge in [0, 0.05) is 37.4 Å². The lowest BCUT2D eigenvalue weighted by molar-refractivity contribution is -0.192. The van der Waals surface area contributed by atoms with Gasteiger partial charge in [0.2, 0.25) is 0 Å². The fourth-order valence-electron chi connectivity index (χ4n) is 4.30. The largest absolute Gasteiger partial charge is 0.490 e. The van der Waals surface area contributed by atoms with Crippen molar-refractivity contribution in [1.82, 2.24) is 9.80 Å². The second-order valence-corrected chi connectivity index (χ2v) is 9.81. The third-order valence-electron chi connectivity index (χ3n) is 6.46. The number of nitrogens with zero attached hydrogens (tertiary/aromatic N) is 2. The molecule has 6 nitrogen and oxygen atoms in total. The van der Waals surface area contributed by atoms with Crippen molar-refractivity contribution in [2.24, 2.45) is 0 Å². The summed E-state index contributed by atoms with van der Waals surface area (Å²) in [5.74, 6) is -3.31. The molecule has 1 aliphatic heterocycles. The molecule has 0 atom stereocenters. The van der Waals surface area contributed by atoms with Crippen molar-refractivity contribution in [3.63, 3.8) is 0 Å². The number of benzene rings is 3. The highest BCUT2D eigenvalue weighted by Gasteiger charge is 2.38. The summed E-state index contributed by atoms with van der Waals surface area (Å²) in [6.07, 6.45) is -3.93. The van der Waals surface area contributed by atoms with E-state index >= 15 is 0 Å². The van der Waals surface area contributed by atoms with Crippen LogP contribution < -0.4 is 5.32 Å². The van der Waals surface area contributed by atoms with Crippen LogP contribution in [0, 0.1) is 19.7 Å². The van der Waals surface area contributed by atoms with E-state index in [0.717, 1.165) is 45.7 Å². The van der Waals surface area contributed by atoms with Crippen molar-refractivity contribution < 1.29 is 32.3 Å². The number of aryl methyl sites for hydroxylation is 2. The second kappa shape index (κ2) is 14.0. The van der Waals surface area contributed by atoms with Crippen molar-refractivity contribution in [3.8, 4) is 0 Å². The fourth-order valence-corrected chi connectivity index (χ4v) is 4.30.